The summed E-state index contributed by atoms with van der Waals surface area (Å²) in [7, 11) is 2.92. The van der Waals surface area contributed by atoms with Crippen LogP contribution in [0.5, 0.6) is 11.5 Å². The summed E-state index contributed by atoms with van der Waals surface area (Å²) in [6.07, 6.45) is -0.196. The average Bonchev–Trinajstić information content (AvgIpc) is 2.26. The van der Waals surface area contributed by atoms with E-state index in [4.69, 9.17) is 21.1 Å². The van der Waals surface area contributed by atoms with Crippen LogP contribution in [0.25, 0.3) is 0 Å². The summed E-state index contributed by atoms with van der Waals surface area (Å²) in [6, 6.07) is 3.10. The van der Waals surface area contributed by atoms with Gasteiger partial charge in [-0.3, -0.25) is 9.59 Å². The van der Waals surface area contributed by atoms with Crippen LogP contribution in [0.2, 0.25) is 5.02 Å². The van der Waals surface area contributed by atoms with Gasteiger partial charge in [-0.25, -0.2) is 0 Å². The molecule has 98 valence electrons. The number of benzene rings is 1. The number of anilines is 1. The van der Waals surface area contributed by atoms with Crippen molar-refractivity contribution in [3.8, 4) is 11.5 Å². The van der Waals surface area contributed by atoms with Gasteiger partial charge in [0.1, 0.15) is 5.78 Å². The van der Waals surface area contributed by atoms with Gasteiger partial charge in [-0.15, -0.1) is 0 Å². The highest BCUT2D eigenvalue weighted by Gasteiger charge is 2.14. The summed E-state index contributed by atoms with van der Waals surface area (Å²) < 4.78 is 10.2. The van der Waals surface area contributed by atoms with Crippen LogP contribution in [-0.4, -0.2) is 25.9 Å². The SMILES string of the molecule is COc1cc(Cl)cc(NC(=O)CC(C)=O)c1OC. The predicted octanol–water partition coefficient (Wildman–Crippen LogP) is 2.27. The standard InChI is InChI=1S/C12H14ClNO4/c1-7(15)4-11(16)14-9-5-8(13)6-10(17-2)12(9)18-3/h5-6H,4H2,1-3H3,(H,14,16). The summed E-state index contributed by atoms with van der Waals surface area (Å²) in [5.74, 6) is 0.118. The molecule has 1 amide bonds. The maximum atomic E-state index is 11.5. The molecule has 0 aliphatic heterocycles. The minimum absolute atomic E-state index is 0.196. The van der Waals surface area contributed by atoms with E-state index in [-0.39, 0.29) is 12.2 Å². The highest BCUT2D eigenvalue weighted by molar-refractivity contribution is 6.31. The van der Waals surface area contributed by atoms with E-state index in [9.17, 15) is 9.59 Å². The zero-order valence-corrected chi connectivity index (χ0v) is 11.1. The quantitative estimate of drug-likeness (QED) is 0.835. The first kappa shape index (κ1) is 14.3. The maximum Gasteiger partial charge on any atom is 0.231 e. The second-order valence-corrected chi connectivity index (χ2v) is 4.05. The lowest BCUT2D eigenvalue weighted by Crippen LogP contribution is -2.15. The Morgan fingerprint density at radius 1 is 1.28 bits per heavy atom. The maximum absolute atomic E-state index is 11.5. The molecule has 1 aromatic rings. The molecule has 0 aliphatic rings. The predicted molar refractivity (Wildman–Crippen MR) is 68.5 cm³/mol. The van der Waals surface area contributed by atoms with Crippen LogP contribution in [0.1, 0.15) is 13.3 Å². The number of ether oxygens (including phenoxy) is 2. The van der Waals surface area contributed by atoms with Crippen molar-refractivity contribution in [2.24, 2.45) is 0 Å². The van der Waals surface area contributed by atoms with E-state index in [1.807, 2.05) is 0 Å². The van der Waals surface area contributed by atoms with E-state index in [0.29, 0.717) is 22.2 Å². The first-order valence-electron chi connectivity index (χ1n) is 5.18. The molecule has 18 heavy (non-hydrogen) atoms. The minimum atomic E-state index is -0.426. The summed E-state index contributed by atoms with van der Waals surface area (Å²) in [5, 5.41) is 2.95. The fourth-order valence-electron chi connectivity index (χ4n) is 1.44. The summed E-state index contributed by atoms with van der Waals surface area (Å²) in [5.41, 5.74) is 0.369. The number of carbonyl (C=O) groups is 2. The highest BCUT2D eigenvalue weighted by atomic mass is 35.5. The molecule has 6 heteroatoms. The molecule has 1 N–H and O–H groups in total. The van der Waals surface area contributed by atoms with Crippen molar-refractivity contribution < 1.29 is 19.1 Å². The van der Waals surface area contributed by atoms with E-state index in [2.05, 4.69) is 5.32 Å². The van der Waals surface area contributed by atoms with Crippen LogP contribution >= 0.6 is 11.6 Å². The molecule has 0 fully saturated rings. The van der Waals surface area contributed by atoms with Gasteiger partial charge in [0.15, 0.2) is 11.5 Å². The third-order valence-corrected chi connectivity index (χ3v) is 2.35. The van der Waals surface area contributed by atoms with E-state index in [1.54, 1.807) is 6.07 Å². The molecule has 0 unspecified atom stereocenters. The molecule has 0 spiro atoms. The number of amides is 1. The molecule has 1 rings (SSSR count). The van der Waals surface area contributed by atoms with E-state index >= 15 is 0 Å². The number of rotatable bonds is 5. The van der Waals surface area contributed by atoms with Gasteiger partial charge >= 0.3 is 0 Å². The van der Waals surface area contributed by atoms with Gasteiger partial charge in [-0.1, -0.05) is 11.6 Å². The molecule has 0 radical (unpaired) electrons. The molecular formula is C12H14ClNO4. The van der Waals surface area contributed by atoms with Crippen molar-refractivity contribution in [1.82, 2.24) is 0 Å². The average molecular weight is 272 g/mol. The van der Waals surface area contributed by atoms with Crippen LogP contribution in [-0.2, 0) is 9.59 Å². The van der Waals surface area contributed by atoms with Crippen molar-refractivity contribution in [2.45, 2.75) is 13.3 Å². The van der Waals surface area contributed by atoms with Crippen molar-refractivity contribution >= 4 is 29.0 Å². The van der Waals surface area contributed by atoms with E-state index in [0.717, 1.165) is 0 Å². The topological polar surface area (TPSA) is 64.6 Å². The van der Waals surface area contributed by atoms with Gasteiger partial charge in [0.2, 0.25) is 5.91 Å². The van der Waals surface area contributed by atoms with Crippen molar-refractivity contribution in [1.29, 1.82) is 0 Å². The lowest BCUT2D eigenvalue weighted by atomic mass is 10.2. The lowest BCUT2D eigenvalue weighted by Gasteiger charge is -2.13. The monoisotopic (exact) mass is 271 g/mol. The number of halogens is 1. The number of carbonyl (C=O) groups excluding carboxylic acids is 2. The van der Waals surface area contributed by atoms with E-state index in [1.165, 1.54) is 27.2 Å². The van der Waals surface area contributed by atoms with Crippen LogP contribution < -0.4 is 14.8 Å². The summed E-state index contributed by atoms with van der Waals surface area (Å²) in [4.78, 5) is 22.4. The summed E-state index contributed by atoms with van der Waals surface area (Å²) in [6.45, 7) is 1.34. The third kappa shape index (κ3) is 3.63. The fourth-order valence-corrected chi connectivity index (χ4v) is 1.65. The molecule has 0 heterocycles. The van der Waals surface area contributed by atoms with Crippen LogP contribution in [0.3, 0.4) is 0 Å². The van der Waals surface area contributed by atoms with Gasteiger partial charge in [-0.05, 0) is 13.0 Å². The Labute approximate surface area is 110 Å². The molecule has 5 nitrogen and oxygen atoms in total. The molecular weight excluding hydrogens is 258 g/mol. The van der Waals surface area contributed by atoms with Gasteiger partial charge in [0.05, 0.1) is 26.3 Å². The van der Waals surface area contributed by atoms with Crippen molar-refractivity contribution in [3.05, 3.63) is 17.2 Å². The number of methoxy groups -OCH3 is 2. The lowest BCUT2D eigenvalue weighted by molar-refractivity contribution is -0.124. The molecule has 0 bridgehead atoms. The molecule has 0 aliphatic carbocycles. The third-order valence-electron chi connectivity index (χ3n) is 2.13. The minimum Gasteiger partial charge on any atom is -0.493 e. The van der Waals surface area contributed by atoms with Crippen LogP contribution in [0.4, 0.5) is 5.69 Å². The molecule has 1 aromatic carbocycles. The fraction of sp³-hybridized carbons (Fsp3) is 0.333. The summed E-state index contributed by atoms with van der Waals surface area (Å²) >= 11 is 5.89. The second-order valence-electron chi connectivity index (χ2n) is 3.62. The van der Waals surface area contributed by atoms with Gasteiger partial charge in [-0.2, -0.15) is 0 Å². The molecule has 0 saturated carbocycles. The van der Waals surface area contributed by atoms with Crippen LogP contribution in [0.15, 0.2) is 12.1 Å². The Bertz CT molecular complexity index is 473. The number of ketones is 1. The van der Waals surface area contributed by atoms with Crippen LogP contribution in [0, 0.1) is 0 Å². The second kappa shape index (κ2) is 6.26. The smallest absolute Gasteiger partial charge is 0.231 e. The first-order valence-corrected chi connectivity index (χ1v) is 5.56. The number of hydrogen-bond donors (Lipinski definition) is 1. The van der Waals surface area contributed by atoms with Gasteiger partial charge in [0.25, 0.3) is 0 Å². The number of nitrogens with one attached hydrogen (secondary N) is 1. The normalized spacial score (nSPS) is 9.78. The van der Waals surface area contributed by atoms with Gasteiger partial charge < -0.3 is 14.8 Å². The Hall–Kier alpha value is -1.75. The van der Waals surface area contributed by atoms with Crippen molar-refractivity contribution in [2.75, 3.05) is 19.5 Å². The molecule has 0 atom stereocenters. The molecule has 0 saturated heterocycles. The zero-order chi connectivity index (χ0) is 13.7. The number of Topliss-reactive ketones (excluding diaryl/α,β-unsaturated/α-hetero) is 1. The number of hydrogen-bond acceptors (Lipinski definition) is 4. The molecule has 0 aromatic heterocycles. The highest BCUT2D eigenvalue weighted by Crippen LogP contribution is 2.38. The Kier molecular flexibility index (Phi) is 4.97. The van der Waals surface area contributed by atoms with Gasteiger partial charge in [0, 0.05) is 11.1 Å². The van der Waals surface area contributed by atoms with E-state index < -0.39 is 5.91 Å². The largest absolute Gasteiger partial charge is 0.493 e. The Morgan fingerprint density at radius 3 is 2.44 bits per heavy atom. The Morgan fingerprint density at radius 2 is 1.94 bits per heavy atom. The van der Waals surface area contributed by atoms with Crippen molar-refractivity contribution in [3.63, 3.8) is 0 Å². The first-order chi connectivity index (χ1) is 8.47. The zero-order valence-electron chi connectivity index (χ0n) is 10.4. The Balaban J connectivity index is 3.03.